The van der Waals surface area contributed by atoms with E-state index in [1.54, 1.807) is 5.57 Å². The molecule has 2 saturated carbocycles. The molecular weight excluding hydrogens is 292 g/mol. The summed E-state index contributed by atoms with van der Waals surface area (Å²) in [5, 5.41) is 0. The fourth-order valence-corrected chi connectivity index (χ4v) is 7.08. The van der Waals surface area contributed by atoms with Crippen LogP contribution in [-0.2, 0) is 4.74 Å². The largest absolute Gasteiger partial charge is 0.501 e. The highest BCUT2D eigenvalue weighted by Crippen LogP contribution is 2.63. The van der Waals surface area contributed by atoms with Crippen molar-refractivity contribution in [2.75, 3.05) is 7.11 Å². The van der Waals surface area contributed by atoms with Crippen LogP contribution in [0.25, 0.3) is 0 Å². The lowest BCUT2D eigenvalue weighted by Crippen LogP contribution is -2.43. The van der Waals surface area contributed by atoms with Crippen LogP contribution in [-0.4, -0.2) is 7.11 Å². The van der Waals surface area contributed by atoms with Crippen LogP contribution in [0.4, 0.5) is 0 Å². The number of allylic oxidation sites excluding steroid dienone is 3. The molecule has 1 nitrogen and oxygen atoms in total. The SMILES string of the molecule is CCCC[C@H]1CCC2C3CCC4=C(CC=C(OC)C4)C3CC[C@@]21C. The summed E-state index contributed by atoms with van der Waals surface area (Å²) in [4.78, 5) is 0. The number of methoxy groups -OCH3 is 1. The lowest BCUT2D eigenvalue weighted by atomic mass is 9.53. The molecule has 5 atom stereocenters. The minimum absolute atomic E-state index is 0.663. The van der Waals surface area contributed by atoms with E-state index in [0.29, 0.717) is 5.41 Å². The van der Waals surface area contributed by atoms with Crippen molar-refractivity contribution in [1.29, 1.82) is 0 Å². The van der Waals surface area contributed by atoms with Gasteiger partial charge in [-0.05, 0) is 86.5 Å². The topological polar surface area (TPSA) is 9.23 Å². The Kier molecular flexibility index (Phi) is 4.56. The third kappa shape index (κ3) is 2.58. The van der Waals surface area contributed by atoms with E-state index in [4.69, 9.17) is 4.74 Å². The lowest BCUT2D eigenvalue weighted by Gasteiger charge is -2.52. The molecule has 0 aromatic carbocycles. The molecule has 4 aliphatic rings. The van der Waals surface area contributed by atoms with E-state index in [-0.39, 0.29) is 0 Å². The molecule has 0 radical (unpaired) electrons. The molecular formula is C23H36O. The van der Waals surface area contributed by atoms with E-state index in [9.17, 15) is 0 Å². The molecule has 0 N–H and O–H groups in total. The zero-order valence-electron chi connectivity index (χ0n) is 16.1. The summed E-state index contributed by atoms with van der Waals surface area (Å²) < 4.78 is 5.54. The molecule has 0 aromatic rings. The van der Waals surface area contributed by atoms with Gasteiger partial charge in [-0.25, -0.2) is 0 Å². The quantitative estimate of drug-likeness (QED) is 0.525. The summed E-state index contributed by atoms with van der Waals surface area (Å²) in [5.74, 6) is 5.15. The number of fused-ring (bicyclic) bond motifs is 4. The Balaban J connectivity index is 1.53. The number of hydrogen-bond donors (Lipinski definition) is 0. The molecule has 1 heteroatoms. The summed E-state index contributed by atoms with van der Waals surface area (Å²) >= 11 is 0. The Labute approximate surface area is 148 Å². The van der Waals surface area contributed by atoms with Crippen molar-refractivity contribution in [3.8, 4) is 0 Å². The predicted octanol–water partition coefficient (Wildman–Crippen LogP) is 6.65. The van der Waals surface area contributed by atoms with Gasteiger partial charge in [-0.1, -0.05) is 37.8 Å². The van der Waals surface area contributed by atoms with Crippen LogP contribution < -0.4 is 0 Å². The smallest absolute Gasteiger partial charge is 0.0959 e. The first-order valence-electron chi connectivity index (χ1n) is 10.6. The lowest BCUT2D eigenvalue weighted by molar-refractivity contribution is 0.0113. The molecule has 3 unspecified atom stereocenters. The highest BCUT2D eigenvalue weighted by atomic mass is 16.5. The van der Waals surface area contributed by atoms with Crippen molar-refractivity contribution in [3.05, 3.63) is 23.0 Å². The van der Waals surface area contributed by atoms with Crippen LogP contribution in [0.3, 0.4) is 0 Å². The Hall–Kier alpha value is -0.720. The predicted molar refractivity (Wildman–Crippen MR) is 101 cm³/mol. The zero-order chi connectivity index (χ0) is 16.7. The standard InChI is InChI=1S/C23H36O/c1-4-5-6-17-8-12-22-21-10-7-16-15-18(24-3)9-11-19(16)20(21)13-14-23(17,22)2/h9,17,20-22H,4-8,10-15H2,1-3H3/t17-,20?,21?,22?,23+/m0/s1. The fraction of sp³-hybridized carbons (Fsp3) is 0.826. The molecule has 0 spiro atoms. The normalized spacial score (nSPS) is 41.4. The van der Waals surface area contributed by atoms with E-state index in [2.05, 4.69) is 19.9 Å². The van der Waals surface area contributed by atoms with Gasteiger partial charge in [0.25, 0.3) is 0 Å². The Bertz CT molecular complexity index is 542. The summed E-state index contributed by atoms with van der Waals surface area (Å²) in [5.41, 5.74) is 4.25. The molecule has 4 rings (SSSR count). The summed E-state index contributed by atoms with van der Waals surface area (Å²) in [6, 6.07) is 0. The maximum absolute atomic E-state index is 5.54. The summed E-state index contributed by atoms with van der Waals surface area (Å²) in [6.07, 6.45) is 17.8. The van der Waals surface area contributed by atoms with Gasteiger partial charge in [-0.2, -0.15) is 0 Å². The highest BCUT2D eigenvalue weighted by Gasteiger charge is 2.54. The van der Waals surface area contributed by atoms with Crippen LogP contribution in [0.1, 0.15) is 84.5 Å². The van der Waals surface area contributed by atoms with E-state index < -0.39 is 0 Å². The maximum atomic E-state index is 5.54. The first kappa shape index (κ1) is 16.7. The first-order valence-corrected chi connectivity index (χ1v) is 10.6. The minimum atomic E-state index is 0.663. The molecule has 4 aliphatic carbocycles. The summed E-state index contributed by atoms with van der Waals surface area (Å²) in [7, 11) is 1.84. The third-order valence-corrected chi connectivity index (χ3v) is 8.42. The molecule has 134 valence electrons. The van der Waals surface area contributed by atoms with Gasteiger partial charge in [0.15, 0.2) is 0 Å². The Morgan fingerprint density at radius 3 is 2.88 bits per heavy atom. The second-order valence-corrected chi connectivity index (χ2v) is 9.26. The second kappa shape index (κ2) is 6.54. The Morgan fingerprint density at radius 1 is 1.21 bits per heavy atom. The van der Waals surface area contributed by atoms with E-state index in [0.717, 1.165) is 30.1 Å². The van der Waals surface area contributed by atoms with Gasteiger partial charge in [0.1, 0.15) is 0 Å². The molecule has 24 heavy (non-hydrogen) atoms. The second-order valence-electron chi connectivity index (χ2n) is 9.26. The van der Waals surface area contributed by atoms with E-state index in [1.165, 1.54) is 70.0 Å². The van der Waals surface area contributed by atoms with Crippen LogP contribution >= 0.6 is 0 Å². The summed E-state index contributed by atoms with van der Waals surface area (Å²) in [6.45, 7) is 5.03. The van der Waals surface area contributed by atoms with Crippen molar-refractivity contribution < 1.29 is 4.74 Å². The molecule has 0 heterocycles. The van der Waals surface area contributed by atoms with Gasteiger partial charge >= 0.3 is 0 Å². The minimum Gasteiger partial charge on any atom is -0.501 e. The third-order valence-electron chi connectivity index (χ3n) is 8.42. The van der Waals surface area contributed by atoms with Gasteiger partial charge in [0, 0.05) is 6.42 Å². The average molecular weight is 329 g/mol. The number of unbranched alkanes of at least 4 members (excludes halogenated alkanes) is 1. The number of hydrogen-bond acceptors (Lipinski definition) is 1. The number of rotatable bonds is 4. The van der Waals surface area contributed by atoms with Crippen LogP contribution in [0.15, 0.2) is 23.0 Å². The molecule has 0 saturated heterocycles. The van der Waals surface area contributed by atoms with Gasteiger partial charge < -0.3 is 4.74 Å². The maximum Gasteiger partial charge on any atom is 0.0959 e. The molecule has 2 fully saturated rings. The van der Waals surface area contributed by atoms with Crippen molar-refractivity contribution in [3.63, 3.8) is 0 Å². The molecule has 0 aliphatic heterocycles. The van der Waals surface area contributed by atoms with Gasteiger partial charge in [-0.15, -0.1) is 0 Å². The molecule has 0 aromatic heterocycles. The Morgan fingerprint density at radius 2 is 2.08 bits per heavy atom. The first-order chi connectivity index (χ1) is 11.7. The zero-order valence-corrected chi connectivity index (χ0v) is 16.1. The average Bonchev–Trinajstić information content (AvgIpc) is 2.95. The van der Waals surface area contributed by atoms with Crippen LogP contribution in [0.5, 0.6) is 0 Å². The van der Waals surface area contributed by atoms with E-state index in [1.807, 2.05) is 12.7 Å². The van der Waals surface area contributed by atoms with Crippen LogP contribution in [0.2, 0.25) is 0 Å². The molecule has 0 amide bonds. The fourth-order valence-electron chi connectivity index (χ4n) is 7.08. The van der Waals surface area contributed by atoms with Gasteiger partial charge in [-0.3, -0.25) is 0 Å². The van der Waals surface area contributed by atoms with Crippen molar-refractivity contribution >= 4 is 0 Å². The van der Waals surface area contributed by atoms with Crippen molar-refractivity contribution in [2.45, 2.75) is 84.5 Å². The van der Waals surface area contributed by atoms with Crippen molar-refractivity contribution in [1.82, 2.24) is 0 Å². The molecule has 0 bridgehead atoms. The van der Waals surface area contributed by atoms with Crippen LogP contribution in [0, 0.1) is 29.1 Å². The monoisotopic (exact) mass is 328 g/mol. The van der Waals surface area contributed by atoms with E-state index >= 15 is 0 Å². The van der Waals surface area contributed by atoms with Gasteiger partial charge in [0.2, 0.25) is 0 Å². The van der Waals surface area contributed by atoms with Gasteiger partial charge in [0.05, 0.1) is 12.9 Å². The number of ether oxygens (including phenoxy) is 1. The van der Waals surface area contributed by atoms with Crippen molar-refractivity contribution in [2.24, 2.45) is 29.1 Å². The highest BCUT2D eigenvalue weighted by molar-refractivity contribution is 5.32.